The predicted molar refractivity (Wildman–Crippen MR) is 82.3 cm³/mol. The van der Waals surface area contributed by atoms with Crippen molar-refractivity contribution in [3.05, 3.63) is 47.5 Å². The van der Waals surface area contributed by atoms with Gasteiger partial charge in [0.05, 0.1) is 4.90 Å². The summed E-state index contributed by atoms with van der Waals surface area (Å²) in [5, 5.41) is 5.15. The molecule has 0 heterocycles. The van der Waals surface area contributed by atoms with Crippen molar-refractivity contribution in [3.8, 4) is 0 Å². The highest BCUT2D eigenvalue weighted by Gasteiger charge is 2.12. The first-order valence-corrected chi connectivity index (χ1v) is 8.31. The van der Waals surface area contributed by atoms with Gasteiger partial charge in [0.2, 0.25) is 10.0 Å². The fourth-order valence-electron chi connectivity index (χ4n) is 1.72. The van der Waals surface area contributed by atoms with Crippen molar-refractivity contribution in [2.24, 2.45) is 5.14 Å². The molecule has 106 valence electrons. The third kappa shape index (κ3) is 3.33. The van der Waals surface area contributed by atoms with Gasteiger partial charge in [0.1, 0.15) is 0 Å². The molecular weight excluding hydrogens is 292 g/mol. The molecule has 6 heteroatoms. The minimum absolute atomic E-state index is 0.0690. The highest BCUT2D eigenvalue weighted by atomic mass is 32.2. The summed E-state index contributed by atoms with van der Waals surface area (Å²) in [6.07, 6.45) is 0. The van der Waals surface area contributed by atoms with E-state index in [1.165, 1.54) is 23.9 Å². The number of sulfonamides is 1. The molecule has 0 spiro atoms. The molecule has 2 rings (SSSR count). The van der Waals surface area contributed by atoms with Crippen molar-refractivity contribution in [2.45, 2.75) is 28.5 Å². The van der Waals surface area contributed by atoms with Crippen LogP contribution >= 0.6 is 11.8 Å². The summed E-state index contributed by atoms with van der Waals surface area (Å²) in [5.74, 6) is 0. The number of aryl methyl sites for hydroxylation is 2. The Morgan fingerprint density at radius 3 is 2.35 bits per heavy atom. The molecule has 20 heavy (non-hydrogen) atoms. The van der Waals surface area contributed by atoms with Crippen LogP contribution in [-0.4, -0.2) is 8.42 Å². The van der Waals surface area contributed by atoms with E-state index in [2.05, 4.69) is 0 Å². The monoisotopic (exact) mass is 308 g/mol. The Hall–Kier alpha value is -1.50. The Bertz CT molecular complexity index is 756. The van der Waals surface area contributed by atoms with Gasteiger partial charge in [-0.2, -0.15) is 0 Å². The smallest absolute Gasteiger partial charge is 0.238 e. The molecule has 2 aromatic carbocycles. The molecule has 2 aromatic rings. The van der Waals surface area contributed by atoms with Crippen LogP contribution in [0.25, 0.3) is 0 Å². The molecule has 0 aromatic heterocycles. The Kier molecular flexibility index (Phi) is 4.08. The van der Waals surface area contributed by atoms with Crippen molar-refractivity contribution < 1.29 is 8.42 Å². The van der Waals surface area contributed by atoms with E-state index in [1.807, 2.05) is 32.0 Å². The van der Waals surface area contributed by atoms with Crippen molar-refractivity contribution >= 4 is 27.5 Å². The van der Waals surface area contributed by atoms with E-state index in [-0.39, 0.29) is 4.90 Å². The number of hydrogen-bond acceptors (Lipinski definition) is 4. The minimum Gasteiger partial charge on any atom is -0.398 e. The third-order valence-electron chi connectivity index (χ3n) is 2.88. The molecule has 4 nitrogen and oxygen atoms in total. The number of hydrogen-bond donors (Lipinski definition) is 2. The topological polar surface area (TPSA) is 86.2 Å². The SMILES string of the molecule is Cc1ccc(C)c(Sc2cc(S(N)(=O)=O)ccc2N)c1. The van der Waals surface area contributed by atoms with E-state index in [4.69, 9.17) is 10.9 Å². The van der Waals surface area contributed by atoms with E-state index in [9.17, 15) is 8.42 Å². The molecule has 0 unspecified atom stereocenters. The van der Waals surface area contributed by atoms with Gasteiger partial charge >= 0.3 is 0 Å². The lowest BCUT2D eigenvalue weighted by Crippen LogP contribution is -2.12. The summed E-state index contributed by atoms with van der Waals surface area (Å²) in [6, 6.07) is 10.6. The van der Waals surface area contributed by atoms with E-state index in [0.29, 0.717) is 10.6 Å². The van der Waals surface area contributed by atoms with Crippen LogP contribution in [0.3, 0.4) is 0 Å². The summed E-state index contributed by atoms with van der Waals surface area (Å²) >= 11 is 1.44. The van der Waals surface area contributed by atoms with Gasteiger partial charge in [-0.05, 0) is 49.2 Å². The van der Waals surface area contributed by atoms with Crippen molar-refractivity contribution in [1.29, 1.82) is 0 Å². The van der Waals surface area contributed by atoms with Crippen LogP contribution in [0.4, 0.5) is 5.69 Å². The number of nitrogens with two attached hydrogens (primary N) is 2. The highest BCUT2D eigenvalue weighted by Crippen LogP contribution is 2.35. The molecule has 0 aliphatic heterocycles. The molecule has 4 N–H and O–H groups in total. The standard InChI is InChI=1S/C14H16N2O2S2/c1-9-3-4-10(2)13(7-9)19-14-8-11(20(16,17)18)5-6-12(14)15/h3-8H,15H2,1-2H3,(H2,16,17,18). The number of nitrogen functional groups attached to an aromatic ring is 1. The van der Waals surface area contributed by atoms with E-state index in [0.717, 1.165) is 16.0 Å². The molecule has 0 bridgehead atoms. The Morgan fingerprint density at radius 1 is 1.00 bits per heavy atom. The van der Waals surface area contributed by atoms with Crippen LogP contribution in [0.1, 0.15) is 11.1 Å². The first kappa shape index (κ1) is 14.9. The van der Waals surface area contributed by atoms with Gasteiger partial charge in [0.15, 0.2) is 0 Å². The van der Waals surface area contributed by atoms with Crippen LogP contribution in [-0.2, 0) is 10.0 Å². The van der Waals surface area contributed by atoms with Gasteiger partial charge in [-0.25, -0.2) is 13.6 Å². The van der Waals surface area contributed by atoms with Gasteiger partial charge < -0.3 is 5.73 Å². The fourth-order valence-corrected chi connectivity index (χ4v) is 3.41. The molecule has 0 fully saturated rings. The molecule has 0 atom stereocenters. The van der Waals surface area contributed by atoms with E-state index in [1.54, 1.807) is 6.07 Å². The van der Waals surface area contributed by atoms with Crippen molar-refractivity contribution in [2.75, 3.05) is 5.73 Å². The second kappa shape index (κ2) is 5.47. The largest absolute Gasteiger partial charge is 0.398 e. The first-order chi connectivity index (χ1) is 9.27. The van der Waals surface area contributed by atoms with Gasteiger partial charge in [0, 0.05) is 15.5 Å². The maximum Gasteiger partial charge on any atom is 0.238 e. The van der Waals surface area contributed by atoms with Crippen LogP contribution in [0, 0.1) is 13.8 Å². The Balaban J connectivity index is 2.45. The molecule has 0 saturated heterocycles. The normalized spacial score (nSPS) is 11.6. The maximum absolute atomic E-state index is 11.4. The highest BCUT2D eigenvalue weighted by molar-refractivity contribution is 7.99. The van der Waals surface area contributed by atoms with E-state index < -0.39 is 10.0 Å². The van der Waals surface area contributed by atoms with Crippen molar-refractivity contribution in [1.82, 2.24) is 0 Å². The lowest BCUT2D eigenvalue weighted by atomic mass is 10.2. The number of rotatable bonds is 3. The lowest BCUT2D eigenvalue weighted by molar-refractivity contribution is 0.597. The number of anilines is 1. The minimum atomic E-state index is -3.72. The zero-order valence-corrected chi connectivity index (χ0v) is 12.9. The third-order valence-corrected chi connectivity index (χ3v) is 5.02. The second-order valence-corrected chi connectivity index (χ2v) is 7.26. The van der Waals surface area contributed by atoms with Crippen LogP contribution in [0.15, 0.2) is 51.1 Å². The zero-order valence-electron chi connectivity index (χ0n) is 11.3. The summed E-state index contributed by atoms with van der Waals surface area (Å²) in [5.41, 5.74) is 8.69. The predicted octanol–water partition coefficient (Wildman–Crippen LogP) is 2.68. The van der Waals surface area contributed by atoms with Crippen LogP contribution < -0.4 is 10.9 Å². The number of primary sulfonamides is 1. The average molecular weight is 308 g/mol. The zero-order chi connectivity index (χ0) is 14.9. The van der Waals surface area contributed by atoms with Crippen LogP contribution in [0.2, 0.25) is 0 Å². The molecule has 0 aliphatic rings. The Morgan fingerprint density at radius 2 is 1.70 bits per heavy atom. The maximum atomic E-state index is 11.4. The average Bonchev–Trinajstić information content (AvgIpc) is 2.35. The first-order valence-electron chi connectivity index (χ1n) is 5.95. The van der Waals surface area contributed by atoms with Crippen molar-refractivity contribution in [3.63, 3.8) is 0 Å². The molecular formula is C14H16N2O2S2. The second-order valence-electron chi connectivity index (χ2n) is 4.62. The molecule has 0 saturated carbocycles. The summed E-state index contributed by atoms with van der Waals surface area (Å²) in [4.78, 5) is 1.80. The quantitative estimate of drug-likeness (QED) is 0.854. The summed E-state index contributed by atoms with van der Waals surface area (Å²) in [7, 11) is -3.72. The van der Waals surface area contributed by atoms with Gasteiger partial charge in [-0.1, -0.05) is 23.9 Å². The van der Waals surface area contributed by atoms with Gasteiger partial charge in [-0.15, -0.1) is 0 Å². The molecule has 0 radical (unpaired) electrons. The fraction of sp³-hybridized carbons (Fsp3) is 0.143. The lowest BCUT2D eigenvalue weighted by Gasteiger charge is -2.10. The Labute approximate surface area is 123 Å². The molecule has 0 aliphatic carbocycles. The van der Waals surface area contributed by atoms with E-state index >= 15 is 0 Å². The molecule has 0 amide bonds. The van der Waals surface area contributed by atoms with Gasteiger partial charge in [-0.3, -0.25) is 0 Å². The van der Waals surface area contributed by atoms with Crippen LogP contribution in [0.5, 0.6) is 0 Å². The van der Waals surface area contributed by atoms with Gasteiger partial charge in [0.25, 0.3) is 0 Å². The summed E-state index contributed by atoms with van der Waals surface area (Å²) < 4.78 is 22.8. The summed E-state index contributed by atoms with van der Waals surface area (Å²) in [6.45, 7) is 4.01. The number of benzene rings is 2.